The van der Waals surface area contributed by atoms with Gasteiger partial charge in [0, 0.05) is 105 Å². The van der Waals surface area contributed by atoms with Crippen molar-refractivity contribution >= 4 is 44.4 Å². The van der Waals surface area contributed by atoms with E-state index in [1.54, 1.807) is 40.7 Å². The molecule has 1 aromatic heterocycles. The highest BCUT2D eigenvalue weighted by Crippen LogP contribution is 2.57. The van der Waals surface area contributed by atoms with Crippen molar-refractivity contribution in [3.8, 4) is 5.75 Å². The monoisotopic (exact) mass is 836 g/mol. The standard InChI is InChI=1S/C43H56N4O9S2/c1-4-26(8-11-49)41(53)56-42(2)9-7-27-23-57-58-24-34-32(19-45-3)21-47(34)38(51)15-31-20-46-37(44)16-33(31)39(27)43(42)18-30-14-28-13-29(12-25(22-50)6-5-10-48)40(52)54-35(28)17-36(30)55-43/h4,7,13-14,16-17,25,32,34,39,45-46,48-50H,5-6,8-12,15,18-24,44H2,1-3H3/b26-4+/t25-,32+,34-,39+,42-,43-/m1/s1. The Morgan fingerprint density at radius 1 is 1.21 bits per heavy atom. The molecular formula is C43H56N4O9S2. The van der Waals surface area contributed by atoms with Crippen molar-refractivity contribution in [2.45, 2.75) is 76.0 Å². The van der Waals surface area contributed by atoms with Crippen molar-refractivity contribution < 1.29 is 38.8 Å². The fourth-order valence-corrected chi connectivity index (χ4v) is 12.0. The average Bonchev–Trinajstić information content (AvgIpc) is 3.56. The normalized spacial score (nSPS) is 27.8. The molecule has 5 aliphatic rings. The van der Waals surface area contributed by atoms with E-state index in [1.165, 1.54) is 0 Å². The van der Waals surface area contributed by atoms with Crippen LogP contribution in [0.2, 0.25) is 0 Å². The van der Waals surface area contributed by atoms with Crippen LogP contribution in [0.4, 0.5) is 0 Å². The first-order valence-corrected chi connectivity index (χ1v) is 22.8. The number of allylic oxidation sites excluding steroid dienone is 2. The van der Waals surface area contributed by atoms with E-state index in [0.717, 1.165) is 34.6 Å². The number of dihydropyridines is 1. The number of amides is 1. The zero-order chi connectivity index (χ0) is 41.2. The third-order valence-corrected chi connectivity index (χ3v) is 15.0. The smallest absolute Gasteiger partial charge is 0.339 e. The number of ether oxygens (including phenoxy) is 2. The largest absolute Gasteiger partial charge is 0.481 e. The summed E-state index contributed by atoms with van der Waals surface area (Å²) in [7, 11) is 5.45. The van der Waals surface area contributed by atoms with E-state index in [-0.39, 0.29) is 50.5 Å². The first kappa shape index (κ1) is 42.4. The lowest BCUT2D eigenvalue weighted by atomic mass is 9.61. The number of rotatable bonds is 12. The molecule has 1 spiro atoms. The third-order valence-electron chi connectivity index (χ3n) is 12.7. The number of hydrogen-bond acceptors (Lipinski definition) is 14. The number of benzene rings is 1. The minimum Gasteiger partial charge on any atom is -0.481 e. The Morgan fingerprint density at radius 3 is 2.78 bits per heavy atom. The quantitative estimate of drug-likeness (QED) is 0.0598. The Morgan fingerprint density at radius 2 is 2.03 bits per heavy atom. The molecule has 2 aromatic rings. The molecule has 0 radical (unpaired) electrons. The molecule has 1 fully saturated rings. The Balaban J connectivity index is 1.35. The number of nitrogens with two attached hydrogens (primary N) is 1. The molecule has 1 amide bonds. The van der Waals surface area contributed by atoms with Gasteiger partial charge in [-0.15, -0.1) is 0 Å². The van der Waals surface area contributed by atoms with E-state index in [9.17, 15) is 29.7 Å². The van der Waals surface area contributed by atoms with Crippen LogP contribution in [0.3, 0.4) is 0 Å². The highest BCUT2D eigenvalue weighted by molar-refractivity contribution is 8.76. The van der Waals surface area contributed by atoms with E-state index < -0.39 is 28.7 Å². The van der Waals surface area contributed by atoms with Crippen molar-refractivity contribution in [2.75, 3.05) is 58.0 Å². The molecule has 1 aliphatic carbocycles. The minimum atomic E-state index is -1.26. The molecule has 7 rings (SSSR count). The summed E-state index contributed by atoms with van der Waals surface area (Å²) in [4.78, 5) is 43.5. The number of fused-ring (bicyclic) bond motifs is 6. The van der Waals surface area contributed by atoms with Crippen LogP contribution in [0.25, 0.3) is 11.0 Å². The Bertz CT molecular complexity index is 2100. The van der Waals surface area contributed by atoms with Gasteiger partial charge in [-0.1, -0.05) is 39.3 Å². The van der Waals surface area contributed by atoms with E-state index in [1.807, 2.05) is 37.1 Å². The number of carbonyl (C=O) groups is 2. The van der Waals surface area contributed by atoms with Crippen molar-refractivity contribution in [1.29, 1.82) is 0 Å². The first-order valence-electron chi connectivity index (χ1n) is 20.3. The molecule has 1 saturated heterocycles. The lowest BCUT2D eigenvalue weighted by molar-refractivity contribution is -0.186. The van der Waals surface area contributed by atoms with Gasteiger partial charge in [-0.05, 0) is 81.0 Å². The summed E-state index contributed by atoms with van der Waals surface area (Å²) in [6, 6.07) is 5.65. The van der Waals surface area contributed by atoms with Crippen molar-refractivity contribution in [1.82, 2.24) is 15.5 Å². The summed E-state index contributed by atoms with van der Waals surface area (Å²) in [5, 5.41) is 36.4. The van der Waals surface area contributed by atoms with E-state index >= 15 is 0 Å². The molecule has 13 nitrogen and oxygen atoms in total. The summed E-state index contributed by atoms with van der Waals surface area (Å²) < 4.78 is 19.8. The van der Waals surface area contributed by atoms with Gasteiger partial charge in [0.25, 0.3) is 0 Å². The van der Waals surface area contributed by atoms with Crippen LogP contribution in [0.5, 0.6) is 5.75 Å². The van der Waals surface area contributed by atoms with Crippen LogP contribution in [0.1, 0.15) is 57.1 Å². The average molecular weight is 837 g/mol. The van der Waals surface area contributed by atoms with Crippen LogP contribution in [-0.2, 0) is 27.2 Å². The van der Waals surface area contributed by atoms with Crippen LogP contribution in [0.15, 0.2) is 73.8 Å². The Kier molecular flexibility index (Phi) is 13.1. The maximum atomic E-state index is 14.2. The summed E-state index contributed by atoms with van der Waals surface area (Å²) >= 11 is 0. The number of aliphatic hydroxyl groups is 3. The van der Waals surface area contributed by atoms with Crippen LogP contribution in [0, 0.1) is 17.8 Å². The maximum Gasteiger partial charge on any atom is 0.339 e. The van der Waals surface area contributed by atoms with Gasteiger partial charge < -0.3 is 50.5 Å². The van der Waals surface area contributed by atoms with E-state index in [4.69, 9.17) is 19.6 Å². The van der Waals surface area contributed by atoms with Crippen LogP contribution >= 0.6 is 21.6 Å². The third kappa shape index (κ3) is 8.10. The highest BCUT2D eigenvalue weighted by Gasteiger charge is 2.64. The number of nitrogens with one attached hydrogen (secondary N) is 2. The SMILES string of the molecule is C/C=C(\CCO)C(=O)O[C@]1(C)CC=C2CSSC[C@@H]3[C@@H](CNC)CN3C(=O)CC3=C(C=C(N)NC3)[C@H]2[C@]12Cc1cc3cc(C[C@H](CO)CCCO)c(=O)oc3cc1O2. The number of nitrogens with zero attached hydrogens (tertiary/aromatic N) is 1. The van der Waals surface area contributed by atoms with E-state index in [2.05, 4.69) is 16.7 Å². The fraction of sp³-hybridized carbons (Fsp3) is 0.558. The Hall–Kier alpha value is -3.73. The number of carbonyl (C=O) groups excluding carboxylic acids is 2. The molecule has 4 aliphatic heterocycles. The lowest BCUT2D eigenvalue weighted by Crippen LogP contribution is -2.65. The molecule has 5 heterocycles. The zero-order valence-electron chi connectivity index (χ0n) is 33.5. The maximum absolute atomic E-state index is 14.2. The number of hydrogen-bond donors (Lipinski definition) is 6. The van der Waals surface area contributed by atoms with Crippen LogP contribution < -0.4 is 26.7 Å². The summed E-state index contributed by atoms with van der Waals surface area (Å²) in [5.41, 5.74) is 8.38. The van der Waals surface area contributed by atoms with Gasteiger partial charge in [0.1, 0.15) is 11.3 Å². The highest BCUT2D eigenvalue weighted by atomic mass is 33.1. The molecule has 0 saturated carbocycles. The second kappa shape index (κ2) is 17.9. The van der Waals surface area contributed by atoms with Gasteiger partial charge in [-0.2, -0.15) is 0 Å². The molecule has 0 unspecified atom stereocenters. The second-order valence-corrected chi connectivity index (χ2v) is 18.8. The predicted octanol–water partition coefficient (Wildman–Crippen LogP) is 3.50. The first-order chi connectivity index (χ1) is 28.0. The number of aliphatic hydroxyl groups excluding tert-OH is 3. The molecule has 1 aromatic carbocycles. The summed E-state index contributed by atoms with van der Waals surface area (Å²) in [5.74, 6) is 1.62. The zero-order valence-corrected chi connectivity index (χ0v) is 35.1. The van der Waals surface area contributed by atoms with Crippen LogP contribution in [-0.4, -0.2) is 107 Å². The van der Waals surface area contributed by atoms with Gasteiger partial charge in [0.15, 0.2) is 11.2 Å². The topological polar surface area (TPSA) is 197 Å². The lowest BCUT2D eigenvalue weighted by Gasteiger charge is -2.53. The molecule has 0 bridgehead atoms. The summed E-state index contributed by atoms with van der Waals surface area (Å²) in [6.07, 6.45) is 8.11. The van der Waals surface area contributed by atoms with E-state index in [0.29, 0.717) is 90.5 Å². The second-order valence-electron chi connectivity index (χ2n) is 16.3. The fourth-order valence-electron chi connectivity index (χ4n) is 9.43. The Labute approximate surface area is 346 Å². The minimum absolute atomic E-state index is 0.00173. The summed E-state index contributed by atoms with van der Waals surface area (Å²) in [6.45, 7) is 5.23. The van der Waals surface area contributed by atoms with Gasteiger partial charge >= 0.3 is 11.6 Å². The van der Waals surface area contributed by atoms with Crippen molar-refractivity contribution in [3.05, 3.63) is 86.1 Å². The van der Waals surface area contributed by atoms with Gasteiger partial charge in [0.05, 0.1) is 18.2 Å². The number of esters is 1. The molecule has 6 atom stereocenters. The van der Waals surface area contributed by atoms with Gasteiger partial charge in [-0.25, -0.2) is 9.59 Å². The van der Waals surface area contributed by atoms with Gasteiger partial charge in [0.2, 0.25) is 5.91 Å². The predicted molar refractivity (Wildman–Crippen MR) is 226 cm³/mol. The molecule has 314 valence electrons. The molecule has 15 heteroatoms. The van der Waals surface area contributed by atoms with Gasteiger partial charge in [-0.3, -0.25) is 4.79 Å². The van der Waals surface area contributed by atoms with Crippen molar-refractivity contribution in [2.24, 2.45) is 23.5 Å². The molecular weight excluding hydrogens is 781 g/mol. The van der Waals surface area contributed by atoms with Crippen molar-refractivity contribution in [3.63, 3.8) is 0 Å². The molecule has 7 N–H and O–H groups in total. The molecule has 58 heavy (non-hydrogen) atoms.